The summed E-state index contributed by atoms with van der Waals surface area (Å²) in [6.07, 6.45) is -2.71. The van der Waals surface area contributed by atoms with Crippen molar-refractivity contribution in [1.82, 2.24) is 10.1 Å². The predicted octanol–water partition coefficient (Wildman–Crippen LogP) is 9.75. The molecule has 0 bridgehead atoms. The van der Waals surface area contributed by atoms with Crippen LogP contribution in [0.3, 0.4) is 0 Å². The van der Waals surface area contributed by atoms with Gasteiger partial charge in [-0.2, -0.15) is 0 Å². The van der Waals surface area contributed by atoms with Crippen LogP contribution in [0.15, 0.2) is 21.9 Å². The fourth-order valence-corrected chi connectivity index (χ4v) is 9.55. The number of ketones is 2. The summed E-state index contributed by atoms with van der Waals surface area (Å²) in [5.41, 5.74) is 2.48. The van der Waals surface area contributed by atoms with Crippen molar-refractivity contribution in [2.75, 3.05) is 31.6 Å². The second-order valence-electron chi connectivity index (χ2n) is 19.4. The summed E-state index contributed by atoms with van der Waals surface area (Å²) < 4.78 is 77.8. The first-order valence-corrected chi connectivity index (χ1v) is 25.1. The van der Waals surface area contributed by atoms with Gasteiger partial charge in [0.15, 0.2) is 31.2 Å². The number of nitrogens with zero attached hydrogens (tertiary/aromatic N) is 2. The van der Waals surface area contributed by atoms with Gasteiger partial charge in [0.25, 0.3) is 5.88 Å². The van der Waals surface area contributed by atoms with Gasteiger partial charge in [-0.1, -0.05) is 60.8 Å². The summed E-state index contributed by atoms with van der Waals surface area (Å²) in [4.78, 5) is 58.8. The number of hydrogen-bond acceptors (Lipinski definition) is 13. The van der Waals surface area contributed by atoms with Gasteiger partial charge in [-0.25, -0.2) is 4.79 Å². The fourth-order valence-electron chi connectivity index (χ4n) is 8.10. The number of benzene rings is 1. The average molecular weight is 923 g/mol. The van der Waals surface area contributed by atoms with Crippen LogP contribution < -0.4 is 25.3 Å². The van der Waals surface area contributed by atoms with Gasteiger partial charge in [0.2, 0.25) is 11.7 Å². The monoisotopic (exact) mass is 922 g/mol. The van der Waals surface area contributed by atoms with E-state index in [1.165, 1.54) is 4.90 Å². The zero-order chi connectivity index (χ0) is 47.7. The van der Waals surface area contributed by atoms with Gasteiger partial charge in [-0.3, -0.25) is 19.3 Å². The SMILES string of the molecule is CCCCOc1noc2c1C(=O)[C@@]1(O[Si](C)(C)C(C)(C)C)C(O)=C3C(=O)c4c(c(OC(F)(F)F)cc(NC(=O)CN(CCCC)C(=O)OC(C)(C)C)c4OCCCC)C[C@H]3C[C@H]1[C@@H]2N. The van der Waals surface area contributed by atoms with Crippen LogP contribution in [0.5, 0.6) is 17.4 Å². The molecule has 64 heavy (non-hydrogen) atoms. The molecule has 4 N–H and O–H groups in total. The lowest BCUT2D eigenvalue weighted by atomic mass is 9.59. The van der Waals surface area contributed by atoms with E-state index >= 15 is 9.59 Å². The first-order valence-electron chi connectivity index (χ1n) is 22.2. The van der Waals surface area contributed by atoms with Crippen molar-refractivity contribution in [3.8, 4) is 17.4 Å². The van der Waals surface area contributed by atoms with Gasteiger partial charge in [-0.15, -0.1) is 13.2 Å². The van der Waals surface area contributed by atoms with Crippen molar-refractivity contribution in [3.63, 3.8) is 0 Å². The van der Waals surface area contributed by atoms with Crippen molar-refractivity contribution < 1.29 is 65.4 Å². The van der Waals surface area contributed by atoms with Crippen LogP contribution >= 0.6 is 0 Å². The smallest absolute Gasteiger partial charge is 0.508 e. The Labute approximate surface area is 374 Å². The predicted molar refractivity (Wildman–Crippen MR) is 233 cm³/mol. The molecule has 0 fully saturated rings. The summed E-state index contributed by atoms with van der Waals surface area (Å²) in [6.45, 7) is 20.1. The minimum absolute atomic E-state index is 0.00255. The molecule has 3 aliphatic carbocycles. The Morgan fingerprint density at radius 2 is 1.62 bits per heavy atom. The van der Waals surface area contributed by atoms with E-state index in [-0.39, 0.29) is 72.4 Å². The third-order valence-electron chi connectivity index (χ3n) is 12.3. The zero-order valence-corrected chi connectivity index (χ0v) is 39.9. The minimum atomic E-state index is -5.24. The Kier molecular flexibility index (Phi) is 15.0. The highest BCUT2D eigenvalue weighted by Crippen LogP contribution is 2.59. The summed E-state index contributed by atoms with van der Waals surface area (Å²) >= 11 is 0. The Hall–Kier alpha value is -4.62. The lowest BCUT2D eigenvalue weighted by Crippen LogP contribution is -2.64. The van der Waals surface area contributed by atoms with Gasteiger partial charge in [0.1, 0.15) is 29.2 Å². The molecule has 2 aromatic rings. The van der Waals surface area contributed by atoms with Gasteiger partial charge < -0.3 is 44.1 Å². The van der Waals surface area contributed by atoms with Crippen molar-refractivity contribution in [1.29, 1.82) is 0 Å². The van der Waals surface area contributed by atoms with Crippen LogP contribution in [0.25, 0.3) is 0 Å². The zero-order valence-electron chi connectivity index (χ0n) is 38.9. The molecule has 0 saturated heterocycles. The second kappa shape index (κ2) is 19.1. The molecule has 4 atom stereocenters. The number of nitrogens with two attached hydrogens (primary N) is 1. The van der Waals surface area contributed by atoms with Gasteiger partial charge in [0.05, 0.1) is 30.5 Å². The largest absolute Gasteiger partial charge is 0.573 e. The van der Waals surface area contributed by atoms with Crippen LogP contribution in [0, 0.1) is 11.8 Å². The van der Waals surface area contributed by atoms with Crippen LogP contribution in [0.4, 0.5) is 23.7 Å². The standard InChI is InChI=1S/C45H65F3N4O11Si/c1-12-15-18-52(41(57)61-42(4,5)6)24-30(53)50-28-23-29(60-45(46,47)48)26-21-25-22-27-34(49)37-33(40(51-62-37)59-20-17-14-3)39(56)44(27,63-64(10,11)43(7,8)9)38(55)31(25)35(54)32(26)36(28)58-19-16-13-2/h23,25,27,34,55H,12-22,24,49H2,1-11H3,(H,50,53)/t25-,27-,34-,44-/m0/s1. The molecule has 0 aliphatic heterocycles. The molecule has 5 rings (SSSR count). The molecule has 1 heterocycles. The van der Waals surface area contributed by atoms with Gasteiger partial charge >= 0.3 is 12.5 Å². The maximum absolute atomic E-state index is 15.3. The number of aromatic nitrogens is 1. The van der Waals surface area contributed by atoms with Crippen molar-refractivity contribution >= 4 is 37.6 Å². The van der Waals surface area contributed by atoms with E-state index in [0.717, 1.165) is 12.5 Å². The highest BCUT2D eigenvalue weighted by Gasteiger charge is 2.66. The normalized spacial score (nSPS) is 21.1. The summed E-state index contributed by atoms with van der Waals surface area (Å²) in [5, 5.41) is 18.9. The first kappa shape index (κ1) is 50.4. The quantitative estimate of drug-likeness (QED) is 0.100. The third kappa shape index (κ3) is 10.3. The molecular weight excluding hydrogens is 858 g/mol. The average Bonchev–Trinajstić information content (AvgIpc) is 3.60. The fraction of sp³-hybridized carbons (Fsp3) is 0.667. The number of carbonyl (C=O) groups is 4. The number of ether oxygens (including phenoxy) is 4. The topological polar surface area (TPSA) is 202 Å². The molecule has 356 valence electrons. The highest BCUT2D eigenvalue weighted by atomic mass is 28.4. The van der Waals surface area contributed by atoms with E-state index in [0.29, 0.717) is 32.1 Å². The third-order valence-corrected chi connectivity index (χ3v) is 16.7. The second-order valence-corrected chi connectivity index (χ2v) is 24.1. The van der Waals surface area contributed by atoms with E-state index in [9.17, 15) is 27.9 Å². The van der Waals surface area contributed by atoms with Crippen LogP contribution in [-0.2, 0) is 20.4 Å². The molecule has 3 aliphatic rings. The molecule has 2 amide bonds. The van der Waals surface area contributed by atoms with E-state index in [4.69, 9.17) is 28.9 Å². The van der Waals surface area contributed by atoms with E-state index < -0.39 is 96.0 Å². The molecule has 0 radical (unpaired) electrons. The van der Waals surface area contributed by atoms with Crippen LogP contribution in [0.1, 0.15) is 145 Å². The number of alkyl halides is 3. The lowest BCUT2D eigenvalue weighted by molar-refractivity contribution is -0.275. The first-order chi connectivity index (χ1) is 29.7. The number of Topliss-reactive ketones (excluding diaryl/α,β-unsaturated/α-hetero) is 2. The molecule has 15 nitrogen and oxygen atoms in total. The van der Waals surface area contributed by atoms with Crippen molar-refractivity contribution in [3.05, 3.63) is 39.8 Å². The Balaban J connectivity index is 1.73. The van der Waals surface area contributed by atoms with E-state index in [1.807, 2.05) is 54.6 Å². The number of aliphatic hydroxyl groups excluding tert-OH is 1. The number of aliphatic hydroxyl groups is 1. The Morgan fingerprint density at radius 1 is 1.00 bits per heavy atom. The number of carbonyl (C=O) groups excluding carboxylic acids is 4. The molecule has 1 aromatic carbocycles. The Bertz CT molecular complexity index is 2120. The highest BCUT2D eigenvalue weighted by molar-refractivity contribution is 6.74. The van der Waals surface area contributed by atoms with Crippen LogP contribution in [-0.4, -0.2) is 90.9 Å². The molecule has 1 aromatic heterocycles. The Morgan fingerprint density at radius 3 is 2.20 bits per heavy atom. The van der Waals surface area contributed by atoms with Crippen molar-refractivity contribution in [2.45, 2.75) is 155 Å². The summed E-state index contributed by atoms with van der Waals surface area (Å²) in [7, 11) is -3.09. The van der Waals surface area contributed by atoms with Crippen molar-refractivity contribution in [2.24, 2.45) is 17.6 Å². The molecule has 0 saturated carbocycles. The number of rotatable bonds is 17. The van der Waals surface area contributed by atoms with Crippen LogP contribution in [0.2, 0.25) is 18.1 Å². The maximum Gasteiger partial charge on any atom is 0.573 e. The number of anilines is 1. The number of fused-ring (bicyclic) bond motifs is 4. The summed E-state index contributed by atoms with van der Waals surface area (Å²) in [5.74, 6) is -6.53. The number of hydrogen-bond donors (Lipinski definition) is 3. The molecular formula is C45H65F3N4O11Si. The molecule has 0 unspecified atom stereocenters. The van der Waals surface area contributed by atoms with E-state index in [2.05, 4.69) is 15.2 Å². The van der Waals surface area contributed by atoms with Gasteiger partial charge in [0, 0.05) is 29.7 Å². The number of halogens is 3. The van der Waals surface area contributed by atoms with Gasteiger partial charge in [-0.05, 0) is 82.1 Å². The molecule has 19 heteroatoms. The lowest BCUT2D eigenvalue weighted by Gasteiger charge is -2.53. The number of allylic oxidation sites excluding steroid dienone is 1. The minimum Gasteiger partial charge on any atom is -0.508 e. The number of nitrogens with one attached hydrogen (secondary N) is 1. The number of unbranched alkanes of at least 4 members (excludes halogenated alkanes) is 3. The maximum atomic E-state index is 15.3. The summed E-state index contributed by atoms with van der Waals surface area (Å²) in [6, 6.07) is -0.190. The molecule has 0 spiro atoms. The van der Waals surface area contributed by atoms with E-state index in [1.54, 1.807) is 20.8 Å². The number of amides is 2.